The second-order valence-corrected chi connectivity index (χ2v) is 2.68. The van der Waals surface area contributed by atoms with Crippen LogP contribution in [0.3, 0.4) is 0 Å². The highest BCUT2D eigenvalue weighted by atomic mass is 19.4. The van der Waals surface area contributed by atoms with E-state index in [-0.39, 0.29) is 0 Å². The smallest absolute Gasteiger partial charge is 0.171 e. The van der Waals surface area contributed by atoms with Crippen molar-refractivity contribution in [3.05, 3.63) is 6.92 Å². The van der Waals surface area contributed by atoms with Crippen LogP contribution in [0, 0.1) is 12.8 Å². The lowest BCUT2D eigenvalue weighted by atomic mass is 10.00. The van der Waals surface area contributed by atoms with E-state index in [2.05, 4.69) is 6.92 Å². The molecule has 0 aromatic heterocycles. The predicted molar refractivity (Wildman–Crippen MR) is 34.8 cm³/mol. The Kier molecular flexibility index (Phi) is 4.06. The third-order valence-electron chi connectivity index (χ3n) is 1.59. The highest BCUT2D eigenvalue weighted by molar-refractivity contribution is 4.70. The van der Waals surface area contributed by atoms with E-state index in [0.29, 0.717) is 0 Å². The molecule has 1 unspecified atom stereocenters. The summed E-state index contributed by atoms with van der Waals surface area (Å²) < 4.78 is 70.3. The Morgan fingerprint density at radius 2 is 1.46 bits per heavy atom. The lowest BCUT2D eigenvalue weighted by Crippen LogP contribution is -2.24. The molecule has 1 atom stereocenters. The van der Waals surface area contributed by atoms with E-state index < -0.39 is 37.5 Å². The van der Waals surface area contributed by atoms with Crippen molar-refractivity contribution in [2.45, 2.75) is 31.6 Å². The summed E-state index contributed by atoms with van der Waals surface area (Å²) in [5, 5.41) is 0. The van der Waals surface area contributed by atoms with E-state index in [1.165, 1.54) is 0 Å². The molecule has 0 rings (SSSR count). The van der Waals surface area contributed by atoms with E-state index >= 15 is 0 Å². The van der Waals surface area contributed by atoms with Crippen molar-refractivity contribution in [2.24, 2.45) is 5.92 Å². The highest BCUT2D eigenvalue weighted by Gasteiger charge is 2.40. The van der Waals surface area contributed by atoms with Crippen LogP contribution in [0.2, 0.25) is 0 Å². The van der Waals surface area contributed by atoms with Gasteiger partial charge in [0.25, 0.3) is 0 Å². The van der Waals surface area contributed by atoms with E-state index in [9.17, 15) is 26.3 Å². The molecule has 0 nitrogen and oxygen atoms in total. The number of hydrogen-bond acceptors (Lipinski definition) is 0. The first-order valence-electron chi connectivity index (χ1n) is 3.59. The summed E-state index contributed by atoms with van der Waals surface area (Å²) in [5.41, 5.74) is 0. The zero-order valence-electron chi connectivity index (χ0n) is 6.67. The summed E-state index contributed by atoms with van der Waals surface area (Å²) in [5.74, 6) is -1.95. The lowest BCUT2D eigenvalue weighted by molar-refractivity contribution is -0.188. The molecule has 0 aromatic carbocycles. The zero-order chi connectivity index (χ0) is 10.7. The Morgan fingerprint density at radius 3 is 1.69 bits per heavy atom. The summed E-state index contributed by atoms with van der Waals surface area (Å²) >= 11 is 0. The van der Waals surface area contributed by atoms with Crippen molar-refractivity contribution >= 4 is 0 Å². The van der Waals surface area contributed by atoms with Gasteiger partial charge in [0.05, 0.1) is 5.92 Å². The molecule has 0 heterocycles. The molecule has 0 aliphatic heterocycles. The fourth-order valence-corrected chi connectivity index (χ4v) is 0.810. The van der Waals surface area contributed by atoms with Gasteiger partial charge in [-0.3, -0.25) is 0 Å². The predicted octanol–water partition coefficient (Wildman–Crippen LogP) is 3.73. The average molecular weight is 207 g/mol. The molecule has 0 spiro atoms. The number of rotatable bonds is 3. The van der Waals surface area contributed by atoms with Crippen LogP contribution in [0.1, 0.15) is 19.3 Å². The Hall–Kier alpha value is -0.420. The van der Waals surface area contributed by atoms with Gasteiger partial charge in [0, 0.05) is 6.42 Å². The molecule has 0 saturated heterocycles. The van der Waals surface area contributed by atoms with E-state index in [0.717, 1.165) is 0 Å². The van der Waals surface area contributed by atoms with Crippen LogP contribution in [0.4, 0.5) is 26.3 Å². The molecule has 0 fully saturated rings. The van der Waals surface area contributed by atoms with Gasteiger partial charge in [-0.2, -0.15) is 26.3 Å². The second kappa shape index (κ2) is 4.19. The van der Waals surface area contributed by atoms with Crippen LogP contribution in [0.25, 0.3) is 0 Å². The van der Waals surface area contributed by atoms with Gasteiger partial charge >= 0.3 is 12.4 Å². The monoisotopic (exact) mass is 207 g/mol. The standard InChI is InChI=1S/C7H9F6/c1-2-5(7(11,12)13)3-4-6(8,9)10/h5H,1-4H2. The third kappa shape index (κ3) is 5.76. The quantitative estimate of drug-likeness (QED) is 0.618. The second-order valence-electron chi connectivity index (χ2n) is 2.68. The maximum Gasteiger partial charge on any atom is 0.391 e. The van der Waals surface area contributed by atoms with Gasteiger partial charge in [-0.25, -0.2) is 0 Å². The van der Waals surface area contributed by atoms with Crippen molar-refractivity contribution in [2.75, 3.05) is 0 Å². The Bertz CT molecular complexity index is 144. The van der Waals surface area contributed by atoms with E-state index in [4.69, 9.17) is 0 Å². The topological polar surface area (TPSA) is 0 Å². The van der Waals surface area contributed by atoms with Crippen LogP contribution in [-0.2, 0) is 0 Å². The number of hydrogen-bond donors (Lipinski definition) is 0. The van der Waals surface area contributed by atoms with Crippen molar-refractivity contribution in [3.8, 4) is 0 Å². The molecule has 0 saturated carbocycles. The molecule has 1 radical (unpaired) electrons. The number of alkyl halides is 6. The van der Waals surface area contributed by atoms with E-state index in [1.807, 2.05) is 0 Å². The van der Waals surface area contributed by atoms with Gasteiger partial charge in [0.2, 0.25) is 0 Å². The highest BCUT2D eigenvalue weighted by Crippen LogP contribution is 2.35. The molecule has 0 aliphatic carbocycles. The van der Waals surface area contributed by atoms with Crippen LogP contribution < -0.4 is 0 Å². The molecular weight excluding hydrogens is 198 g/mol. The number of halogens is 6. The van der Waals surface area contributed by atoms with Crippen molar-refractivity contribution < 1.29 is 26.3 Å². The molecule has 0 N–H and O–H groups in total. The molecule has 0 aliphatic rings. The molecule has 6 heteroatoms. The first-order valence-corrected chi connectivity index (χ1v) is 3.59. The maximum atomic E-state index is 11.9. The average Bonchev–Trinajstić information content (AvgIpc) is 1.82. The van der Waals surface area contributed by atoms with E-state index in [1.54, 1.807) is 0 Å². The summed E-state index contributed by atoms with van der Waals surface area (Å²) in [6.07, 6.45) is -12.0. The molecule has 13 heavy (non-hydrogen) atoms. The zero-order valence-corrected chi connectivity index (χ0v) is 6.67. The van der Waals surface area contributed by atoms with Crippen LogP contribution in [0.15, 0.2) is 0 Å². The SMILES string of the molecule is [CH2]CC(CCC(F)(F)F)C(F)(F)F. The van der Waals surface area contributed by atoms with Crippen LogP contribution in [-0.4, -0.2) is 12.4 Å². The molecule has 0 bridgehead atoms. The minimum Gasteiger partial charge on any atom is -0.171 e. The first-order chi connectivity index (χ1) is 5.67. The fourth-order valence-electron chi connectivity index (χ4n) is 0.810. The van der Waals surface area contributed by atoms with Gasteiger partial charge < -0.3 is 0 Å². The van der Waals surface area contributed by atoms with Crippen molar-refractivity contribution in [1.82, 2.24) is 0 Å². The maximum absolute atomic E-state index is 11.9. The largest absolute Gasteiger partial charge is 0.391 e. The van der Waals surface area contributed by atoms with Gasteiger partial charge in [-0.15, -0.1) is 0 Å². The summed E-state index contributed by atoms with van der Waals surface area (Å²) in [6.45, 7) is 2.97. The first kappa shape index (κ1) is 12.6. The fraction of sp³-hybridized carbons (Fsp3) is 0.857. The van der Waals surface area contributed by atoms with Crippen molar-refractivity contribution in [3.63, 3.8) is 0 Å². The van der Waals surface area contributed by atoms with Gasteiger partial charge in [0.1, 0.15) is 0 Å². The molecular formula is C7H9F6. The lowest BCUT2D eigenvalue weighted by Gasteiger charge is -2.18. The van der Waals surface area contributed by atoms with Crippen molar-refractivity contribution in [1.29, 1.82) is 0 Å². The van der Waals surface area contributed by atoms with Gasteiger partial charge in [0.15, 0.2) is 0 Å². The molecule has 0 amide bonds. The van der Waals surface area contributed by atoms with Crippen LogP contribution in [0.5, 0.6) is 0 Å². The summed E-state index contributed by atoms with van der Waals surface area (Å²) in [7, 11) is 0. The van der Waals surface area contributed by atoms with Crippen LogP contribution >= 0.6 is 0 Å². The third-order valence-corrected chi connectivity index (χ3v) is 1.59. The molecule has 0 aromatic rings. The van der Waals surface area contributed by atoms with Gasteiger partial charge in [-0.05, 0) is 12.8 Å². The minimum atomic E-state index is -4.58. The Morgan fingerprint density at radius 1 is 1.00 bits per heavy atom. The Labute approximate surface area is 71.9 Å². The summed E-state index contributed by atoms with van der Waals surface area (Å²) in [6, 6.07) is 0. The summed E-state index contributed by atoms with van der Waals surface area (Å²) in [4.78, 5) is 0. The minimum absolute atomic E-state index is 0.556. The normalized spacial score (nSPS) is 15.9. The molecule has 79 valence electrons. The Balaban J connectivity index is 4.02. The van der Waals surface area contributed by atoms with Gasteiger partial charge in [-0.1, -0.05) is 6.92 Å².